The van der Waals surface area contributed by atoms with Crippen LogP contribution in [0.1, 0.15) is 5.82 Å². The van der Waals surface area contributed by atoms with Gasteiger partial charge in [0.1, 0.15) is 17.9 Å². The second-order valence-electron chi connectivity index (χ2n) is 5.66. The number of nitrogens with one attached hydrogen (secondary N) is 2. The molecule has 0 unspecified atom stereocenters. The number of imidazole rings is 1. The first-order valence-corrected chi connectivity index (χ1v) is 8.45. The zero-order chi connectivity index (χ0) is 18.3. The van der Waals surface area contributed by atoms with Crippen LogP contribution in [-0.2, 0) is 17.9 Å². The van der Waals surface area contributed by atoms with Crippen LogP contribution in [-0.4, -0.2) is 20.4 Å². The summed E-state index contributed by atoms with van der Waals surface area (Å²) in [7, 11) is 0. The molecule has 9 heteroatoms. The van der Waals surface area contributed by atoms with Gasteiger partial charge >= 0.3 is 5.76 Å². The van der Waals surface area contributed by atoms with Gasteiger partial charge in [-0.15, -0.1) is 0 Å². The van der Waals surface area contributed by atoms with Crippen LogP contribution in [0.3, 0.4) is 0 Å². The van der Waals surface area contributed by atoms with Crippen LogP contribution in [0.25, 0.3) is 22.1 Å². The van der Waals surface area contributed by atoms with E-state index in [-0.39, 0.29) is 19.0 Å². The van der Waals surface area contributed by atoms with E-state index in [1.807, 2.05) is 12.1 Å². The van der Waals surface area contributed by atoms with Crippen LogP contribution < -0.4 is 11.1 Å². The number of nitrogens with zero attached hydrogens (tertiary/aromatic N) is 2. The quantitative estimate of drug-likeness (QED) is 0.559. The number of fused-ring (bicyclic) bond motifs is 2. The molecule has 2 N–H and O–H groups in total. The molecular formula is C17H12Cl2N4O3. The molecule has 0 bridgehead atoms. The molecule has 0 fully saturated rings. The number of carbonyl (C=O) groups excluding carboxylic acids is 1. The smallest absolute Gasteiger partial charge is 0.408 e. The van der Waals surface area contributed by atoms with E-state index in [2.05, 4.69) is 15.3 Å². The molecule has 2 aromatic heterocycles. The fourth-order valence-corrected chi connectivity index (χ4v) is 3.08. The molecule has 4 aromatic rings. The number of amides is 1. The Balaban J connectivity index is 1.50. The van der Waals surface area contributed by atoms with Crippen molar-refractivity contribution in [3.05, 3.63) is 62.8 Å². The van der Waals surface area contributed by atoms with Crippen LogP contribution in [0.2, 0.25) is 10.0 Å². The van der Waals surface area contributed by atoms with Gasteiger partial charge in [0.25, 0.3) is 0 Å². The first kappa shape index (κ1) is 16.7. The average Bonchev–Trinajstić information content (AvgIpc) is 3.16. The first-order chi connectivity index (χ1) is 12.5. The molecule has 4 rings (SSSR count). The molecule has 26 heavy (non-hydrogen) atoms. The van der Waals surface area contributed by atoms with Crippen LogP contribution in [0.4, 0.5) is 0 Å². The Morgan fingerprint density at radius 2 is 2.12 bits per heavy atom. The van der Waals surface area contributed by atoms with Crippen LogP contribution in [0, 0.1) is 0 Å². The highest BCUT2D eigenvalue weighted by atomic mass is 35.5. The predicted molar refractivity (Wildman–Crippen MR) is 98.4 cm³/mol. The standard InChI is InChI=1S/C17H12Cl2N4O3/c18-9-4-5-13-12(6-9)23(17(25)26-13)8-15(24)20-7-14-21-11-3-1-2-10(19)16(11)22-14/h1-6H,7-8H2,(H,20,24)(H,21,22). The fraction of sp³-hybridized carbons (Fsp3) is 0.118. The van der Waals surface area contributed by atoms with E-state index in [0.29, 0.717) is 32.5 Å². The van der Waals surface area contributed by atoms with E-state index in [1.165, 1.54) is 4.57 Å². The molecule has 1 amide bonds. The van der Waals surface area contributed by atoms with Crippen molar-refractivity contribution in [2.75, 3.05) is 0 Å². The number of hydrogen-bond donors (Lipinski definition) is 2. The number of benzene rings is 2. The summed E-state index contributed by atoms with van der Waals surface area (Å²) < 4.78 is 6.33. The summed E-state index contributed by atoms with van der Waals surface area (Å²) in [5.41, 5.74) is 2.27. The maximum absolute atomic E-state index is 12.2. The van der Waals surface area contributed by atoms with Crippen molar-refractivity contribution < 1.29 is 9.21 Å². The normalized spacial score (nSPS) is 11.3. The second kappa shape index (κ2) is 6.51. The number of para-hydroxylation sites is 1. The van der Waals surface area contributed by atoms with Crippen molar-refractivity contribution in [1.82, 2.24) is 19.9 Å². The van der Waals surface area contributed by atoms with Gasteiger partial charge in [0.05, 0.1) is 22.6 Å². The van der Waals surface area contributed by atoms with Crippen molar-refractivity contribution in [3.63, 3.8) is 0 Å². The largest absolute Gasteiger partial charge is 0.420 e. The number of H-pyrrole nitrogens is 1. The lowest BCUT2D eigenvalue weighted by atomic mass is 10.3. The summed E-state index contributed by atoms with van der Waals surface area (Å²) in [6.07, 6.45) is 0. The summed E-state index contributed by atoms with van der Waals surface area (Å²) >= 11 is 12.0. The lowest BCUT2D eigenvalue weighted by Crippen LogP contribution is -2.30. The lowest BCUT2D eigenvalue weighted by Gasteiger charge is -2.04. The van der Waals surface area contributed by atoms with Crippen molar-refractivity contribution in [3.8, 4) is 0 Å². The van der Waals surface area contributed by atoms with Gasteiger partial charge < -0.3 is 14.7 Å². The SMILES string of the molecule is O=C(Cn1c(=O)oc2ccc(Cl)cc21)NCc1nc2c(Cl)cccc2[nH]1. The number of oxazole rings is 1. The summed E-state index contributed by atoms with van der Waals surface area (Å²) in [6, 6.07) is 10.2. The summed E-state index contributed by atoms with van der Waals surface area (Å²) in [5.74, 6) is -0.414. The average molecular weight is 391 g/mol. The van der Waals surface area contributed by atoms with Gasteiger partial charge in [0.15, 0.2) is 5.58 Å². The van der Waals surface area contributed by atoms with E-state index in [4.69, 9.17) is 27.6 Å². The van der Waals surface area contributed by atoms with Crippen molar-refractivity contribution in [1.29, 1.82) is 0 Å². The minimum absolute atomic E-state index is 0.176. The molecule has 0 aliphatic carbocycles. The Labute approximate surface area is 156 Å². The van der Waals surface area contributed by atoms with Crippen LogP contribution >= 0.6 is 23.2 Å². The van der Waals surface area contributed by atoms with Gasteiger partial charge in [0.2, 0.25) is 5.91 Å². The third-order valence-electron chi connectivity index (χ3n) is 3.90. The molecule has 0 aliphatic heterocycles. The topological polar surface area (TPSA) is 92.9 Å². The molecule has 2 aromatic carbocycles. The van der Waals surface area contributed by atoms with Crippen LogP contribution in [0.15, 0.2) is 45.6 Å². The zero-order valence-corrected chi connectivity index (χ0v) is 14.8. The molecule has 132 valence electrons. The Morgan fingerprint density at radius 1 is 1.27 bits per heavy atom. The maximum Gasteiger partial charge on any atom is 0.420 e. The zero-order valence-electron chi connectivity index (χ0n) is 13.3. The molecular weight excluding hydrogens is 379 g/mol. The van der Waals surface area contributed by atoms with Crippen LogP contribution in [0.5, 0.6) is 0 Å². The van der Waals surface area contributed by atoms with Gasteiger partial charge in [-0.3, -0.25) is 9.36 Å². The first-order valence-electron chi connectivity index (χ1n) is 7.70. The Kier molecular flexibility index (Phi) is 4.18. The minimum Gasteiger partial charge on any atom is -0.408 e. The summed E-state index contributed by atoms with van der Waals surface area (Å²) in [5, 5.41) is 3.70. The highest BCUT2D eigenvalue weighted by Gasteiger charge is 2.14. The van der Waals surface area contributed by atoms with Gasteiger partial charge in [-0.1, -0.05) is 29.3 Å². The molecule has 0 saturated heterocycles. The third kappa shape index (κ3) is 3.07. The molecule has 0 atom stereocenters. The molecule has 0 saturated carbocycles. The lowest BCUT2D eigenvalue weighted by molar-refractivity contribution is -0.121. The molecule has 0 spiro atoms. The van der Waals surface area contributed by atoms with E-state index in [1.54, 1.807) is 24.3 Å². The number of aromatic amines is 1. The van der Waals surface area contributed by atoms with Crippen molar-refractivity contribution >= 4 is 51.2 Å². The molecule has 0 radical (unpaired) electrons. The summed E-state index contributed by atoms with van der Waals surface area (Å²) in [6.45, 7) is -0.0116. The Hall–Kier alpha value is -2.77. The van der Waals surface area contributed by atoms with Crippen molar-refractivity contribution in [2.24, 2.45) is 0 Å². The maximum atomic E-state index is 12.2. The highest BCUT2D eigenvalue weighted by molar-refractivity contribution is 6.34. The number of halogens is 2. The Morgan fingerprint density at radius 3 is 2.92 bits per heavy atom. The van der Waals surface area contributed by atoms with Crippen molar-refractivity contribution in [2.45, 2.75) is 13.1 Å². The summed E-state index contributed by atoms with van der Waals surface area (Å²) in [4.78, 5) is 31.6. The highest BCUT2D eigenvalue weighted by Crippen LogP contribution is 2.21. The van der Waals surface area contributed by atoms with E-state index < -0.39 is 5.76 Å². The third-order valence-corrected chi connectivity index (χ3v) is 4.44. The monoisotopic (exact) mass is 390 g/mol. The molecule has 7 nitrogen and oxygen atoms in total. The number of carbonyl (C=O) groups is 1. The van der Waals surface area contributed by atoms with Gasteiger partial charge in [-0.25, -0.2) is 9.78 Å². The predicted octanol–water partition coefficient (Wildman–Crippen LogP) is 3.09. The van der Waals surface area contributed by atoms with E-state index in [9.17, 15) is 9.59 Å². The van der Waals surface area contributed by atoms with E-state index in [0.717, 1.165) is 5.52 Å². The number of hydrogen-bond acceptors (Lipinski definition) is 4. The molecule has 0 aliphatic rings. The Bertz CT molecular complexity index is 1190. The second-order valence-corrected chi connectivity index (χ2v) is 6.51. The molecule has 2 heterocycles. The minimum atomic E-state index is -0.618. The fourth-order valence-electron chi connectivity index (χ4n) is 2.70. The van der Waals surface area contributed by atoms with E-state index >= 15 is 0 Å². The number of rotatable bonds is 4. The van der Waals surface area contributed by atoms with Gasteiger partial charge in [0, 0.05) is 5.02 Å². The van der Waals surface area contributed by atoms with Gasteiger partial charge in [-0.05, 0) is 30.3 Å². The van der Waals surface area contributed by atoms with Gasteiger partial charge in [-0.2, -0.15) is 0 Å². The number of aromatic nitrogens is 3.